The van der Waals surface area contributed by atoms with Gasteiger partial charge in [0.25, 0.3) is 4.80 Å². The van der Waals surface area contributed by atoms with Crippen molar-refractivity contribution in [2.24, 2.45) is 0 Å². The van der Waals surface area contributed by atoms with Crippen molar-refractivity contribution in [3.63, 3.8) is 0 Å². The Morgan fingerprint density at radius 2 is 2.40 bits per heavy atom. The van der Waals surface area contributed by atoms with E-state index in [2.05, 4.69) is 37.9 Å². The smallest absolute Gasteiger partial charge is 0.293 e. The topological polar surface area (TPSA) is 42.2 Å². The van der Waals surface area contributed by atoms with Gasteiger partial charge in [0.15, 0.2) is 5.82 Å². The van der Waals surface area contributed by atoms with Crippen LogP contribution in [-0.2, 0) is 6.42 Å². The van der Waals surface area contributed by atoms with Gasteiger partial charge in [0, 0.05) is 28.4 Å². The molecule has 1 fully saturated rings. The first kappa shape index (κ1) is 11.1. The van der Waals surface area contributed by atoms with E-state index in [1.807, 2.05) is 0 Å². The Labute approximate surface area is 98.2 Å². The molecule has 0 radical (unpaired) electrons. The van der Waals surface area contributed by atoms with Crippen LogP contribution in [0.1, 0.15) is 32.0 Å². The lowest BCUT2D eigenvalue weighted by atomic mass is 9.99. The van der Waals surface area contributed by atoms with Gasteiger partial charge in [0.1, 0.15) is 0 Å². The van der Waals surface area contributed by atoms with E-state index in [0.717, 1.165) is 18.8 Å². The molecular formula is C10H16BrN3O. The Morgan fingerprint density at radius 3 is 3.07 bits per heavy atom. The molecule has 0 spiro atoms. The molecule has 0 N–H and O–H groups in total. The van der Waals surface area contributed by atoms with Crippen molar-refractivity contribution in [3.8, 4) is 0 Å². The second-order valence-corrected chi connectivity index (χ2v) is 4.62. The summed E-state index contributed by atoms with van der Waals surface area (Å²) < 4.78 is 4.91. The zero-order valence-electron chi connectivity index (χ0n) is 8.95. The third-order valence-electron chi connectivity index (χ3n) is 3.02. The standard InChI is InChI=1S/C10H16BrN3O/c1-2-14-6-4-3-5-8(14)7-9-12-10(11)15-13-9/h8H,2-7H2,1H3. The van der Waals surface area contributed by atoms with E-state index in [-0.39, 0.29) is 0 Å². The van der Waals surface area contributed by atoms with Crippen LogP contribution in [0.3, 0.4) is 0 Å². The molecule has 0 saturated carbocycles. The molecular weight excluding hydrogens is 258 g/mol. The molecule has 4 nitrogen and oxygen atoms in total. The van der Waals surface area contributed by atoms with E-state index in [1.165, 1.54) is 25.8 Å². The van der Waals surface area contributed by atoms with Crippen molar-refractivity contribution in [1.29, 1.82) is 0 Å². The molecule has 1 atom stereocenters. The van der Waals surface area contributed by atoms with Crippen molar-refractivity contribution in [1.82, 2.24) is 15.0 Å². The minimum absolute atomic E-state index is 0.483. The summed E-state index contributed by atoms with van der Waals surface area (Å²) in [5, 5.41) is 3.92. The first-order chi connectivity index (χ1) is 7.29. The van der Waals surface area contributed by atoms with Crippen molar-refractivity contribution in [2.75, 3.05) is 13.1 Å². The van der Waals surface area contributed by atoms with E-state index < -0.39 is 0 Å². The highest BCUT2D eigenvalue weighted by molar-refractivity contribution is 9.10. The second-order valence-electron chi connectivity index (χ2n) is 3.95. The van der Waals surface area contributed by atoms with Gasteiger partial charge in [0.05, 0.1) is 0 Å². The molecule has 84 valence electrons. The van der Waals surface area contributed by atoms with Crippen LogP contribution in [0.5, 0.6) is 0 Å². The summed E-state index contributed by atoms with van der Waals surface area (Å²) in [5.74, 6) is 0.812. The Bertz CT molecular complexity index is 315. The lowest BCUT2D eigenvalue weighted by Gasteiger charge is -2.34. The normalized spacial score (nSPS) is 23.2. The minimum atomic E-state index is 0.483. The molecule has 2 rings (SSSR count). The number of rotatable bonds is 3. The minimum Gasteiger partial charge on any atom is -0.327 e. The molecule has 0 aliphatic carbocycles. The van der Waals surface area contributed by atoms with Gasteiger partial charge in [0.2, 0.25) is 0 Å². The molecule has 0 bridgehead atoms. The number of hydrogen-bond donors (Lipinski definition) is 0. The van der Waals surface area contributed by atoms with E-state index in [4.69, 9.17) is 4.52 Å². The molecule has 1 aliphatic heterocycles. The van der Waals surface area contributed by atoms with Crippen LogP contribution >= 0.6 is 15.9 Å². The van der Waals surface area contributed by atoms with Crippen LogP contribution in [0, 0.1) is 0 Å². The maximum Gasteiger partial charge on any atom is 0.293 e. The number of hydrogen-bond acceptors (Lipinski definition) is 4. The van der Waals surface area contributed by atoms with Crippen molar-refractivity contribution in [3.05, 3.63) is 10.6 Å². The summed E-state index contributed by atoms with van der Waals surface area (Å²) in [6.07, 6.45) is 4.80. The third kappa shape index (κ3) is 2.78. The Kier molecular flexibility index (Phi) is 3.75. The molecule has 0 aromatic carbocycles. The van der Waals surface area contributed by atoms with Gasteiger partial charge in [-0.15, -0.1) is 0 Å². The lowest BCUT2D eigenvalue weighted by molar-refractivity contribution is 0.153. The molecule has 1 aliphatic rings. The first-order valence-corrected chi connectivity index (χ1v) is 6.31. The maximum atomic E-state index is 4.91. The average Bonchev–Trinajstić information content (AvgIpc) is 2.65. The SMILES string of the molecule is CCN1CCCCC1Cc1noc(Br)n1. The molecule has 0 amide bonds. The fourth-order valence-corrected chi connectivity index (χ4v) is 2.51. The molecule has 5 heteroatoms. The quantitative estimate of drug-likeness (QED) is 0.847. The van der Waals surface area contributed by atoms with Crippen molar-refractivity contribution in [2.45, 2.75) is 38.6 Å². The van der Waals surface area contributed by atoms with Crippen LogP contribution in [0.2, 0.25) is 0 Å². The van der Waals surface area contributed by atoms with Crippen LogP contribution < -0.4 is 0 Å². The van der Waals surface area contributed by atoms with E-state index in [9.17, 15) is 0 Å². The Hall–Kier alpha value is -0.420. The molecule has 1 unspecified atom stereocenters. The van der Waals surface area contributed by atoms with Gasteiger partial charge < -0.3 is 9.42 Å². The highest BCUT2D eigenvalue weighted by Gasteiger charge is 2.22. The number of aromatic nitrogens is 2. The maximum absolute atomic E-state index is 4.91. The van der Waals surface area contributed by atoms with Gasteiger partial charge in [-0.2, -0.15) is 4.98 Å². The van der Waals surface area contributed by atoms with E-state index >= 15 is 0 Å². The molecule has 2 heterocycles. The number of halogens is 1. The van der Waals surface area contributed by atoms with Crippen molar-refractivity contribution >= 4 is 15.9 Å². The highest BCUT2D eigenvalue weighted by atomic mass is 79.9. The van der Waals surface area contributed by atoms with Crippen LogP contribution in [0.4, 0.5) is 0 Å². The number of nitrogens with zero attached hydrogens (tertiary/aromatic N) is 3. The second kappa shape index (κ2) is 5.07. The zero-order valence-corrected chi connectivity index (χ0v) is 10.5. The number of piperidine rings is 1. The fraction of sp³-hybridized carbons (Fsp3) is 0.800. The Balaban J connectivity index is 1.97. The van der Waals surface area contributed by atoms with Crippen molar-refractivity contribution < 1.29 is 4.52 Å². The number of likely N-dealkylation sites (N-methyl/N-ethyl adjacent to an activating group) is 1. The largest absolute Gasteiger partial charge is 0.327 e. The molecule has 1 aromatic heterocycles. The van der Waals surface area contributed by atoms with Crippen LogP contribution in [0.25, 0.3) is 0 Å². The van der Waals surface area contributed by atoms with Gasteiger partial charge >= 0.3 is 0 Å². The summed E-state index contributed by atoms with van der Waals surface area (Å²) in [5.41, 5.74) is 0. The summed E-state index contributed by atoms with van der Waals surface area (Å²) >= 11 is 3.18. The number of likely N-dealkylation sites (tertiary alicyclic amines) is 1. The van der Waals surface area contributed by atoms with E-state index in [1.54, 1.807) is 0 Å². The summed E-state index contributed by atoms with van der Waals surface area (Å²) in [6.45, 7) is 4.54. The van der Waals surface area contributed by atoms with Gasteiger partial charge in [-0.3, -0.25) is 0 Å². The van der Waals surface area contributed by atoms with E-state index in [0.29, 0.717) is 10.8 Å². The van der Waals surface area contributed by atoms with Crippen LogP contribution in [-0.4, -0.2) is 34.2 Å². The van der Waals surface area contributed by atoms with Gasteiger partial charge in [-0.25, -0.2) is 0 Å². The fourth-order valence-electron chi connectivity index (χ4n) is 2.23. The molecule has 1 aromatic rings. The predicted molar refractivity (Wildman–Crippen MR) is 60.6 cm³/mol. The first-order valence-electron chi connectivity index (χ1n) is 5.51. The summed E-state index contributed by atoms with van der Waals surface area (Å²) in [7, 11) is 0. The predicted octanol–water partition coefficient (Wildman–Crippen LogP) is 2.25. The summed E-state index contributed by atoms with van der Waals surface area (Å²) in [6, 6.07) is 0.591. The third-order valence-corrected chi connectivity index (χ3v) is 3.34. The molecule has 1 saturated heterocycles. The average molecular weight is 274 g/mol. The molecule has 15 heavy (non-hydrogen) atoms. The highest BCUT2D eigenvalue weighted by Crippen LogP contribution is 2.19. The monoisotopic (exact) mass is 273 g/mol. The van der Waals surface area contributed by atoms with Gasteiger partial charge in [-0.05, 0) is 25.9 Å². The van der Waals surface area contributed by atoms with Gasteiger partial charge in [-0.1, -0.05) is 18.5 Å². The zero-order chi connectivity index (χ0) is 10.7. The Morgan fingerprint density at radius 1 is 1.53 bits per heavy atom. The lowest BCUT2D eigenvalue weighted by Crippen LogP contribution is -2.40. The summed E-state index contributed by atoms with van der Waals surface area (Å²) in [4.78, 5) is 7.18. The van der Waals surface area contributed by atoms with Crippen LogP contribution in [0.15, 0.2) is 9.32 Å².